The van der Waals surface area contributed by atoms with Crippen molar-refractivity contribution in [2.75, 3.05) is 43.6 Å². The van der Waals surface area contributed by atoms with E-state index in [9.17, 15) is 9.59 Å². The Morgan fingerprint density at radius 1 is 1.24 bits per heavy atom. The van der Waals surface area contributed by atoms with Gasteiger partial charge >= 0.3 is 6.09 Å². The van der Waals surface area contributed by atoms with Crippen molar-refractivity contribution in [2.45, 2.75) is 52.0 Å². The Bertz CT molecular complexity index is 869. The first kappa shape index (κ1) is 26.2. The van der Waals surface area contributed by atoms with Crippen molar-refractivity contribution in [3.63, 3.8) is 0 Å². The SMILES string of the molecule is CC(C)[C@H]1CN(C)CCN1c1nc(Cl)nc(NNC(=O)[C@@H](CNC(=O)O)CC2CCCC2)c1F. The number of carboxylic acid groups (broad SMARTS) is 1. The third-order valence-corrected chi connectivity index (χ3v) is 6.91. The van der Waals surface area contributed by atoms with E-state index >= 15 is 4.39 Å². The van der Waals surface area contributed by atoms with Crippen molar-refractivity contribution >= 4 is 35.2 Å². The van der Waals surface area contributed by atoms with Crippen LogP contribution in [0.15, 0.2) is 0 Å². The Hall–Kier alpha value is -2.40. The predicted molar refractivity (Wildman–Crippen MR) is 128 cm³/mol. The van der Waals surface area contributed by atoms with E-state index in [1.807, 2.05) is 11.9 Å². The molecule has 190 valence electrons. The minimum absolute atomic E-state index is 0.0189. The van der Waals surface area contributed by atoms with E-state index in [1.54, 1.807) is 0 Å². The molecule has 1 aliphatic carbocycles. The van der Waals surface area contributed by atoms with Crippen LogP contribution in [0.2, 0.25) is 5.28 Å². The number of carbonyl (C=O) groups is 2. The summed E-state index contributed by atoms with van der Waals surface area (Å²) in [5, 5.41) is 11.1. The van der Waals surface area contributed by atoms with E-state index in [-0.39, 0.29) is 35.4 Å². The number of hydrogen-bond acceptors (Lipinski definition) is 7. The number of nitrogens with one attached hydrogen (secondary N) is 3. The molecule has 3 rings (SSSR count). The van der Waals surface area contributed by atoms with Crippen LogP contribution in [-0.2, 0) is 4.79 Å². The zero-order valence-corrected chi connectivity index (χ0v) is 20.7. The van der Waals surface area contributed by atoms with Gasteiger partial charge in [-0.1, -0.05) is 39.5 Å². The van der Waals surface area contributed by atoms with Crippen LogP contribution in [0.25, 0.3) is 0 Å². The van der Waals surface area contributed by atoms with E-state index in [0.29, 0.717) is 18.9 Å². The fourth-order valence-corrected chi connectivity index (χ4v) is 5.00. The average molecular weight is 500 g/mol. The molecule has 4 N–H and O–H groups in total. The van der Waals surface area contributed by atoms with Crippen molar-refractivity contribution in [3.8, 4) is 0 Å². The Kier molecular flexibility index (Phi) is 9.12. The van der Waals surface area contributed by atoms with Gasteiger partial charge in [-0.15, -0.1) is 0 Å². The van der Waals surface area contributed by atoms with Crippen molar-refractivity contribution in [1.29, 1.82) is 0 Å². The van der Waals surface area contributed by atoms with E-state index in [2.05, 4.69) is 44.9 Å². The van der Waals surface area contributed by atoms with E-state index < -0.39 is 23.7 Å². The van der Waals surface area contributed by atoms with Gasteiger partial charge in [0.05, 0.1) is 5.92 Å². The maximum absolute atomic E-state index is 15.5. The molecule has 0 aromatic carbocycles. The van der Waals surface area contributed by atoms with Gasteiger partial charge in [-0.3, -0.25) is 15.6 Å². The number of hydrazine groups is 1. The van der Waals surface area contributed by atoms with Gasteiger partial charge in [0.25, 0.3) is 0 Å². The summed E-state index contributed by atoms with van der Waals surface area (Å²) < 4.78 is 15.5. The Labute approximate surface area is 204 Å². The molecule has 34 heavy (non-hydrogen) atoms. The molecule has 10 nitrogen and oxygen atoms in total. The van der Waals surface area contributed by atoms with Crippen LogP contribution in [0.1, 0.15) is 46.0 Å². The van der Waals surface area contributed by atoms with Crippen LogP contribution >= 0.6 is 11.6 Å². The van der Waals surface area contributed by atoms with Gasteiger partial charge in [-0.2, -0.15) is 14.4 Å². The zero-order chi connectivity index (χ0) is 24.8. The molecule has 0 spiro atoms. The number of anilines is 2. The summed E-state index contributed by atoms with van der Waals surface area (Å²) in [7, 11) is 2.03. The van der Waals surface area contributed by atoms with Crippen molar-refractivity contribution < 1.29 is 19.1 Å². The maximum Gasteiger partial charge on any atom is 0.404 e. The number of hydrogen-bond donors (Lipinski definition) is 4. The van der Waals surface area contributed by atoms with Gasteiger partial charge in [0.1, 0.15) is 0 Å². The van der Waals surface area contributed by atoms with Gasteiger partial charge in [-0.05, 0) is 36.9 Å². The second-order valence-corrected chi connectivity index (χ2v) is 9.97. The lowest BCUT2D eigenvalue weighted by Gasteiger charge is -2.43. The molecule has 1 aromatic heterocycles. The summed E-state index contributed by atoms with van der Waals surface area (Å²) >= 11 is 6.12. The molecule has 2 amide bonds. The number of likely N-dealkylation sites (N-methyl/N-ethyl adjacent to an activating group) is 1. The van der Waals surface area contributed by atoms with Crippen LogP contribution < -0.4 is 21.1 Å². The normalized spacial score (nSPS) is 20.4. The summed E-state index contributed by atoms with van der Waals surface area (Å²) in [6, 6.07) is 0.0412. The molecule has 2 atom stereocenters. The van der Waals surface area contributed by atoms with Gasteiger partial charge < -0.3 is 20.2 Å². The van der Waals surface area contributed by atoms with Crippen LogP contribution in [0, 0.1) is 23.6 Å². The molecule has 1 aliphatic heterocycles. The fourth-order valence-electron chi connectivity index (χ4n) is 4.83. The van der Waals surface area contributed by atoms with E-state index in [1.165, 1.54) is 0 Å². The highest BCUT2D eigenvalue weighted by Gasteiger charge is 2.32. The predicted octanol–water partition coefficient (Wildman–Crippen LogP) is 2.95. The molecular weight excluding hydrogens is 465 g/mol. The zero-order valence-electron chi connectivity index (χ0n) is 20.0. The molecule has 1 saturated carbocycles. The van der Waals surface area contributed by atoms with Crippen LogP contribution in [0.4, 0.5) is 20.8 Å². The molecule has 1 aromatic rings. The fraction of sp³-hybridized carbons (Fsp3) is 0.727. The topological polar surface area (TPSA) is 123 Å². The second-order valence-electron chi connectivity index (χ2n) is 9.63. The standard InChI is InChI=1S/C22H35ClFN7O3/c1-13(2)16-12-30(3)8-9-31(16)19-17(24)18(26-21(23)27-19)28-29-20(32)15(11-25-22(33)34)10-14-6-4-5-7-14/h13-16,25H,4-12H2,1-3H3,(H,29,32)(H,33,34)(H,26,27,28)/t15-,16-/m1/s1. The van der Waals surface area contributed by atoms with Crippen LogP contribution in [-0.4, -0.2) is 71.2 Å². The Morgan fingerprint density at radius 3 is 2.59 bits per heavy atom. The van der Waals surface area contributed by atoms with Gasteiger partial charge in [0.2, 0.25) is 17.0 Å². The van der Waals surface area contributed by atoms with E-state index in [4.69, 9.17) is 16.7 Å². The monoisotopic (exact) mass is 499 g/mol. The quantitative estimate of drug-likeness (QED) is 0.302. The summed E-state index contributed by atoms with van der Waals surface area (Å²) in [6.45, 7) is 6.23. The smallest absolute Gasteiger partial charge is 0.404 e. The molecular formula is C22H35ClFN7O3. The highest BCUT2D eigenvalue weighted by molar-refractivity contribution is 6.28. The van der Waals surface area contributed by atoms with Crippen molar-refractivity contribution in [1.82, 2.24) is 25.6 Å². The average Bonchev–Trinajstić information content (AvgIpc) is 3.29. The molecule has 2 aliphatic rings. The number of piperazine rings is 1. The number of amides is 2. The van der Waals surface area contributed by atoms with Gasteiger partial charge in [-0.25, -0.2) is 4.79 Å². The molecule has 2 fully saturated rings. The molecule has 1 saturated heterocycles. The first-order chi connectivity index (χ1) is 16.2. The molecule has 0 radical (unpaired) electrons. The van der Waals surface area contributed by atoms with Crippen LogP contribution in [0.3, 0.4) is 0 Å². The number of carbonyl (C=O) groups excluding carboxylic acids is 1. The minimum atomic E-state index is -1.19. The largest absolute Gasteiger partial charge is 0.465 e. The van der Waals surface area contributed by atoms with Gasteiger partial charge in [0, 0.05) is 32.2 Å². The second kappa shape index (κ2) is 11.8. The molecule has 0 unspecified atom stereocenters. The molecule has 0 bridgehead atoms. The highest BCUT2D eigenvalue weighted by atomic mass is 35.5. The lowest BCUT2D eigenvalue weighted by Crippen LogP contribution is -2.54. The first-order valence-electron chi connectivity index (χ1n) is 11.9. The summed E-state index contributed by atoms with van der Waals surface area (Å²) in [5.41, 5.74) is 5.05. The highest BCUT2D eigenvalue weighted by Crippen LogP contribution is 2.31. The lowest BCUT2D eigenvalue weighted by molar-refractivity contribution is -0.124. The third-order valence-electron chi connectivity index (χ3n) is 6.74. The summed E-state index contributed by atoms with van der Waals surface area (Å²) in [5.74, 6) is -1.23. The maximum atomic E-state index is 15.5. The summed E-state index contributed by atoms with van der Waals surface area (Å²) in [6.07, 6.45) is 3.63. The van der Waals surface area contributed by atoms with Gasteiger partial charge in [0.15, 0.2) is 11.6 Å². The number of aromatic nitrogens is 2. The number of nitrogens with zero attached hydrogens (tertiary/aromatic N) is 4. The number of rotatable bonds is 9. The minimum Gasteiger partial charge on any atom is -0.465 e. The van der Waals surface area contributed by atoms with Crippen molar-refractivity contribution in [3.05, 3.63) is 11.1 Å². The molecule has 12 heteroatoms. The third kappa shape index (κ3) is 6.82. The Morgan fingerprint density at radius 2 is 1.94 bits per heavy atom. The van der Waals surface area contributed by atoms with Crippen LogP contribution in [0.5, 0.6) is 0 Å². The lowest BCUT2D eigenvalue weighted by atomic mass is 9.92. The summed E-state index contributed by atoms with van der Waals surface area (Å²) in [4.78, 5) is 36.0. The Balaban J connectivity index is 1.73. The first-order valence-corrected chi connectivity index (χ1v) is 12.2. The van der Waals surface area contributed by atoms with Crippen molar-refractivity contribution in [2.24, 2.45) is 17.8 Å². The number of halogens is 2. The van der Waals surface area contributed by atoms with E-state index in [0.717, 1.165) is 38.8 Å². The molecule has 2 heterocycles.